The zero-order valence-corrected chi connectivity index (χ0v) is 13.3. The molecule has 0 heterocycles. The van der Waals surface area contributed by atoms with Gasteiger partial charge >= 0.3 is 0 Å². The smallest absolute Gasteiger partial charge is 0.122 e. The van der Waals surface area contributed by atoms with E-state index in [4.69, 9.17) is 26.8 Å². The summed E-state index contributed by atoms with van der Waals surface area (Å²) in [4.78, 5) is 0. The van der Waals surface area contributed by atoms with Gasteiger partial charge in [0.25, 0.3) is 0 Å². The number of hydrogen-bond acceptors (Lipinski definition) is 3. The minimum absolute atomic E-state index is 0.136. The van der Waals surface area contributed by atoms with Crippen molar-refractivity contribution in [2.45, 2.75) is 45.6 Å². The van der Waals surface area contributed by atoms with Crippen LogP contribution in [0.15, 0.2) is 18.2 Å². The SMILES string of the molecule is CCCCOCCOc1ccc(Cl)cc1CC(N)CC. The topological polar surface area (TPSA) is 44.5 Å². The number of nitrogens with two attached hydrogens (primary N) is 1. The second-order valence-corrected chi connectivity index (χ2v) is 5.38. The van der Waals surface area contributed by atoms with Crippen LogP contribution in [0.1, 0.15) is 38.7 Å². The summed E-state index contributed by atoms with van der Waals surface area (Å²) in [5, 5.41) is 0.717. The van der Waals surface area contributed by atoms with Crippen molar-refractivity contribution in [1.29, 1.82) is 0 Å². The second-order valence-electron chi connectivity index (χ2n) is 4.94. The van der Waals surface area contributed by atoms with Crippen molar-refractivity contribution >= 4 is 11.6 Å². The van der Waals surface area contributed by atoms with E-state index in [9.17, 15) is 0 Å². The summed E-state index contributed by atoms with van der Waals surface area (Å²) >= 11 is 6.04. The van der Waals surface area contributed by atoms with Gasteiger partial charge in [0.05, 0.1) is 6.61 Å². The van der Waals surface area contributed by atoms with Crippen molar-refractivity contribution in [3.63, 3.8) is 0 Å². The van der Waals surface area contributed by atoms with Crippen LogP contribution in [-0.2, 0) is 11.2 Å². The fourth-order valence-electron chi connectivity index (χ4n) is 1.83. The molecule has 1 unspecified atom stereocenters. The summed E-state index contributed by atoms with van der Waals surface area (Å²) in [7, 11) is 0. The molecular weight excluding hydrogens is 274 g/mol. The number of benzene rings is 1. The van der Waals surface area contributed by atoms with E-state index >= 15 is 0 Å². The van der Waals surface area contributed by atoms with E-state index in [0.29, 0.717) is 13.2 Å². The van der Waals surface area contributed by atoms with Crippen LogP contribution in [0, 0.1) is 0 Å². The fourth-order valence-corrected chi connectivity index (χ4v) is 2.03. The van der Waals surface area contributed by atoms with Gasteiger partial charge in [-0.15, -0.1) is 0 Å². The van der Waals surface area contributed by atoms with Gasteiger partial charge in [0, 0.05) is 17.7 Å². The normalized spacial score (nSPS) is 12.4. The molecule has 0 aliphatic heterocycles. The monoisotopic (exact) mass is 299 g/mol. The third-order valence-electron chi connectivity index (χ3n) is 3.16. The average Bonchev–Trinajstić information content (AvgIpc) is 2.44. The number of hydrogen-bond donors (Lipinski definition) is 1. The molecule has 1 rings (SSSR count). The Morgan fingerprint density at radius 2 is 2.00 bits per heavy atom. The molecular formula is C16H26ClNO2. The maximum Gasteiger partial charge on any atom is 0.122 e. The zero-order valence-electron chi connectivity index (χ0n) is 12.5. The first-order valence-corrected chi connectivity index (χ1v) is 7.79. The number of unbranched alkanes of at least 4 members (excludes halogenated alkanes) is 1. The highest BCUT2D eigenvalue weighted by Gasteiger charge is 2.09. The van der Waals surface area contributed by atoms with Crippen molar-refractivity contribution in [2.24, 2.45) is 5.73 Å². The molecule has 0 saturated heterocycles. The molecule has 0 fully saturated rings. The Morgan fingerprint density at radius 1 is 1.20 bits per heavy atom. The molecule has 20 heavy (non-hydrogen) atoms. The van der Waals surface area contributed by atoms with Gasteiger partial charge in [0.15, 0.2) is 0 Å². The first kappa shape index (κ1) is 17.3. The first-order valence-electron chi connectivity index (χ1n) is 7.41. The fraction of sp³-hybridized carbons (Fsp3) is 0.625. The molecule has 3 nitrogen and oxygen atoms in total. The lowest BCUT2D eigenvalue weighted by Crippen LogP contribution is -2.22. The van der Waals surface area contributed by atoms with E-state index in [1.54, 1.807) is 0 Å². The van der Waals surface area contributed by atoms with Crippen molar-refractivity contribution in [2.75, 3.05) is 19.8 Å². The zero-order chi connectivity index (χ0) is 14.8. The van der Waals surface area contributed by atoms with Gasteiger partial charge in [-0.05, 0) is 43.0 Å². The van der Waals surface area contributed by atoms with Gasteiger partial charge in [-0.3, -0.25) is 0 Å². The van der Waals surface area contributed by atoms with Crippen LogP contribution in [0.3, 0.4) is 0 Å². The number of ether oxygens (including phenoxy) is 2. The Hall–Kier alpha value is -0.770. The van der Waals surface area contributed by atoms with E-state index in [0.717, 1.165) is 48.6 Å². The van der Waals surface area contributed by atoms with Crippen LogP contribution < -0.4 is 10.5 Å². The van der Waals surface area contributed by atoms with E-state index in [1.807, 2.05) is 18.2 Å². The quantitative estimate of drug-likeness (QED) is 0.668. The Kier molecular flexibility index (Phi) is 8.67. The molecule has 0 spiro atoms. The Morgan fingerprint density at radius 3 is 2.70 bits per heavy atom. The summed E-state index contributed by atoms with van der Waals surface area (Å²) in [6.07, 6.45) is 3.96. The Balaban J connectivity index is 2.47. The molecule has 0 aliphatic rings. The average molecular weight is 300 g/mol. The molecule has 0 aliphatic carbocycles. The molecule has 1 atom stereocenters. The minimum atomic E-state index is 0.136. The van der Waals surface area contributed by atoms with Gasteiger partial charge < -0.3 is 15.2 Å². The number of halogens is 1. The predicted molar refractivity (Wildman–Crippen MR) is 84.6 cm³/mol. The van der Waals surface area contributed by atoms with Crippen LogP contribution in [0.25, 0.3) is 0 Å². The summed E-state index contributed by atoms with van der Waals surface area (Å²) in [6, 6.07) is 5.82. The van der Waals surface area contributed by atoms with Gasteiger partial charge in [-0.1, -0.05) is 31.9 Å². The molecule has 1 aromatic rings. The first-order chi connectivity index (χ1) is 9.67. The highest BCUT2D eigenvalue weighted by molar-refractivity contribution is 6.30. The summed E-state index contributed by atoms with van der Waals surface area (Å²) in [6.45, 7) is 6.20. The van der Waals surface area contributed by atoms with Crippen LogP contribution >= 0.6 is 11.6 Å². The molecule has 0 aromatic heterocycles. The second kappa shape index (κ2) is 10.0. The van der Waals surface area contributed by atoms with Crippen LogP contribution in [0.4, 0.5) is 0 Å². The van der Waals surface area contributed by atoms with Crippen molar-refractivity contribution in [3.8, 4) is 5.75 Å². The molecule has 0 amide bonds. The van der Waals surface area contributed by atoms with Gasteiger partial charge in [-0.2, -0.15) is 0 Å². The van der Waals surface area contributed by atoms with Crippen molar-refractivity contribution < 1.29 is 9.47 Å². The van der Waals surface area contributed by atoms with E-state index < -0.39 is 0 Å². The van der Waals surface area contributed by atoms with Gasteiger partial charge in [0.1, 0.15) is 12.4 Å². The minimum Gasteiger partial charge on any atom is -0.491 e. The Labute approximate surface area is 127 Å². The molecule has 0 radical (unpaired) electrons. The summed E-state index contributed by atoms with van der Waals surface area (Å²) in [5.74, 6) is 0.859. The molecule has 4 heteroatoms. The lowest BCUT2D eigenvalue weighted by molar-refractivity contribution is 0.0977. The molecule has 2 N–H and O–H groups in total. The lowest BCUT2D eigenvalue weighted by atomic mass is 10.0. The lowest BCUT2D eigenvalue weighted by Gasteiger charge is -2.15. The molecule has 0 saturated carbocycles. The van der Waals surface area contributed by atoms with Crippen LogP contribution in [0.2, 0.25) is 5.02 Å². The molecule has 1 aromatic carbocycles. The van der Waals surface area contributed by atoms with Crippen molar-refractivity contribution in [3.05, 3.63) is 28.8 Å². The summed E-state index contributed by atoms with van der Waals surface area (Å²) in [5.41, 5.74) is 7.08. The third-order valence-corrected chi connectivity index (χ3v) is 3.39. The molecule has 114 valence electrons. The summed E-state index contributed by atoms with van der Waals surface area (Å²) < 4.78 is 11.3. The predicted octanol–water partition coefficient (Wildman–Crippen LogP) is 3.82. The van der Waals surface area contributed by atoms with Gasteiger partial charge in [0.2, 0.25) is 0 Å². The Bertz CT molecular complexity index is 385. The highest BCUT2D eigenvalue weighted by Crippen LogP contribution is 2.24. The standard InChI is InChI=1S/C16H26ClNO2/c1-3-5-8-19-9-10-20-16-7-6-14(17)11-13(16)12-15(18)4-2/h6-7,11,15H,3-5,8-10,12,18H2,1-2H3. The van der Waals surface area contributed by atoms with Crippen molar-refractivity contribution in [1.82, 2.24) is 0 Å². The van der Waals surface area contributed by atoms with Gasteiger partial charge in [-0.25, -0.2) is 0 Å². The maximum atomic E-state index is 6.04. The van der Waals surface area contributed by atoms with E-state index in [1.165, 1.54) is 0 Å². The highest BCUT2D eigenvalue weighted by atomic mass is 35.5. The molecule has 0 bridgehead atoms. The van der Waals surface area contributed by atoms with Crippen LogP contribution in [0.5, 0.6) is 5.75 Å². The van der Waals surface area contributed by atoms with E-state index in [2.05, 4.69) is 13.8 Å². The third kappa shape index (κ3) is 6.60. The van der Waals surface area contributed by atoms with Crippen LogP contribution in [-0.4, -0.2) is 25.9 Å². The maximum absolute atomic E-state index is 6.04. The number of rotatable bonds is 10. The largest absolute Gasteiger partial charge is 0.491 e. The van der Waals surface area contributed by atoms with E-state index in [-0.39, 0.29) is 6.04 Å².